The highest BCUT2D eigenvalue weighted by molar-refractivity contribution is 6.13. The van der Waals surface area contributed by atoms with E-state index in [-0.39, 0.29) is 11.6 Å². The average Bonchev–Trinajstić information content (AvgIpc) is 2.42. The number of hydrogen-bond donors (Lipinski definition) is 0. The second-order valence-corrected chi connectivity index (χ2v) is 5.66. The van der Waals surface area contributed by atoms with Crippen LogP contribution in [0.25, 0.3) is 6.08 Å². The predicted octanol–water partition coefficient (Wildman–Crippen LogP) is 4.66. The van der Waals surface area contributed by atoms with Crippen molar-refractivity contribution >= 4 is 11.9 Å². The largest absolute Gasteiger partial charge is 0.289 e. The first-order valence-corrected chi connectivity index (χ1v) is 7.15. The molecule has 21 heavy (non-hydrogen) atoms. The predicted molar refractivity (Wildman–Crippen MR) is 82.9 cm³/mol. The van der Waals surface area contributed by atoms with Crippen LogP contribution in [0.2, 0.25) is 0 Å². The number of allylic oxidation sites excluding steroid dienone is 1. The number of rotatable bonds is 1. The van der Waals surface area contributed by atoms with Gasteiger partial charge in [-0.2, -0.15) is 0 Å². The van der Waals surface area contributed by atoms with Gasteiger partial charge in [0.2, 0.25) is 0 Å². The fraction of sp³-hybridized carbons (Fsp3) is 0.211. The molecule has 1 aliphatic carbocycles. The molecule has 0 fully saturated rings. The van der Waals surface area contributed by atoms with Crippen molar-refractivity contribution in [2.45, 2.75) is 26.7 Å². The van der Waals surface area contributed by atoms with E-state index in [1.54, 1.807) is 6.07 Å². The zero-order valence-corrected chi connectivity index (χ0v) is 12.2. The Balaban J connectivity index is 2.03. The molecule has 0 unspecified atom stereocenters. The van der Waals surface area contributed by atoms with Crippen molar-refractivity contribution in [2.24, 2.45) is 0 Å². The maximum atomic E-state index is 13.2. The van der Waals surface area contributed by atoms with Crippen LogP contribution in [0.5, 0.6) is 0 Å². The van der Waals surface area contributed by atoms with E-state index in [0.29, 0.717) is 6.42 Å². The highest BCUT2D eigenvalue weighted by Crippen LogP contribution is 2.29. The van der Waals surface area contributed by atoms with Gasteiger partial charge in [0, 0.05) is 11.1 Å². The van der Waals surface area contributed by atoms with Crippen LogP contribution >= 0.6 is 0 Å². The fourth-order valence-corrected chi connectivity index (χ4v) is 3.01. The van der Waals surface area contributed by atoms with Crippen molar-refractivity contribution in [2.75, 3.05) is 0 Å². The van der Waals surface area contributed by atoms with Gasteiger partial charge < -0.3 is 0 Å². The van der Waals surface area contributed by atoms with E-state index < -0.39 is 0 Å². The molecule has 0 saturated carbocycles. The first-order chi connectivity index (χ1) is 10.0. The summed E-state index contributed by atoms with van der Waals surface area (Å²) in [6.07, 6.45) is 3.40. The molecular formula is C19H17FO. The fourth-order valence-electron chi connectivity index (χ4n) is 3.01. The molecule has 1 nitrogen and oxygen atoms in total. The molecule has 2 aromatic rings. The van der Waals surface area contributed by atoms with Crippen LogP contribution in [0, 0.1) is 19.7 Å². The van der Waals surface area contributed by atoms with Gasteiger partial charge in [0.25, 0.3) is 0 Å². The van der Waals surface area contributed by atoms with E-state index in [1.807, 2.05) is 25.1 Å². The summed E-state index contributed by atoms with van der Waals surface area (Å²) in [4.78, 5) is 12.6. The summed E-state index contributed by atoms with van der Waals surface area (Å²) < 4.78 is 13.2. The van der Waals surface area contributed by atoms with Crippen LogP contribution in [-0.2, 0) is 6.42 Å². The Morgan fingerprint density at radius 3 is 2.67 bits per heavy atom. The third-order valence-electron chi connectivity index (χ3n) is 3.99. The van der Waals surface area contributed by atoms with Crippen molar-refractivity contribution in [3.63, 3.8) is 0 Å². The number of hydrogen-bond acceptors (Lipinski definition) is 1. The summed E-state index contributed by atoms with van der Waals surface area (Å²) in [5, 5.41) is 0. The monoisotopic (exact) mass is 280 g/mol. The van der Waals surface area contributed by atoms with Crippen molar-refractivity contribution in [1.29, 1.82) is 0 Å². The molecule has 1 aliphatic rings. The zero-order chi connectivity index (χ0) is 15.0. The SMILES string of the molecule is Cc1cc(C)c2c(c1)C(=O)/C(=C\c1cccc(F)c1)CC2. The Bertz CT molecular complexity index is 756. The van der Waals surface area contributed by atoms with E-state index in [1.165, 1.54) is 17.7 Å². The van der Waals surface area contributed by atoms with Crippen molar-refractivity contribution in [3.05, 3.63) is 75.6 Å². The zero-order valence-electron chi connectivity index (χ0n) is 12.2. The molecule has 0 aliphatic heterocycles. The Labute approximate surface area is 124 Å². The molecular weight excluding hydrogens is 263 g/mol. The number of halogens is 1. The number of fused-ring (bicyclic) bond motifs is 1. The minimum atomic E-state index is -0.278. The molecule has 0 amide bonds. The maximum Gasteiger partial charge on any atom is 0.189 e. The van der Waals surface area contributed by atoms with Crippen LogP contribution in [0.1, 0.15) is 39.0 Å². The van der Waals surface area contributed by atoms with E-state index in [2.05, 4.69) is 13.0 Å². The van der Waals surface area contributed by atoms with Gasteiger partial charge in [-0.3, -0.25) is 4.79 Å². The first kappa shape index (κ1) is 13.7. The smallest absolute Gasteiger partial charge is 0.189 e. The first-order valence-electron chi connectivity index (χ1n) is 7.15. The number of carbonyl (C=O) groups excluding carboxylic acids is 1. The maximum absolute atomic E-state index is 13.2. The summed E-state index contributed by atoms with van der Waals surface area (Å²) in [7, 11) is 0. The topological polar surface area (TPSA) is 17.1 Å². The molecule has 0 bridgehead atoms. The lowest BCUT2D eigenvalue weighted by Gasteiger charge is -2.20. The highest BCUT2D eigenvalue weighted by Gasteiger charge is 2.23. The average molecular weight is 280 g/mol. The summed E-state index contributed by atoms with van der Waals surface area (Å²) >= 11 is 0. The van der Waals surface area contributed by atoms with Gasteiger partial charge >= 0.3 is 0 Å². The Morgan fingerprint density at radius 1 is 1.10 bits per heavy atom. The summed E-state index contributed by atoms with van der Waals surface area (Å²) in [6, 6.07) is 10.4. The van der Waals surface area contributed by atoms with Crippen LogP contribution in [-0.4, -0.2) is 5.78 Å². The summed E-state index contributed by atoms with van der Waals surface area (Å²) in [5.41, 5.74) is 5.75. The lowest BCUT2D eigenvalue weighted by molar-refractivity contribution is 0.102. The second-order valence-electron chi connectivity index (χ2n) is 5.66. The Kier molecular flexibility index (Phi) is 3.46. The number of aryl methyl sites for hydroxylation is 2. The molecule has 0 spiro atoms. The van der Waals surface area contributed by atoms with Crippen LogP contribution < -0.4 is 0 Å². The van der Waals surface area contributed by atoms with E-state index >= 15 is 0 Å². The Morgan fingerprint density at radius 2 is 1.90 bits per heavy atom. The molecule has 0 N–H and O–H groups in total. The number of benzene rings is 2. The molecule has 0 aromatic heterocycles. The third kappa shape index (κ3) is 2.66. The van der Waals surface area contributed by atoms with Gasteiger partial charge in [0.1, 0.15) is 5.82 Å². The molecule has 0 atom stereocenters. The van der Waals surface area contributed by atoms with Gasteiger partial charge in [0.15, 0.2) is 5.78 Å². The number of carbonyl (C=O) groups is 1. The Hall–Kier alpha value is -2.22. The minimum Gasteiger partial charge on any atom is -0.289 e. The molecule has 106 valence electrons. The molecule has 0 saturated heterocycles. The van der Waals surface area contributed by atoms with Crippen LogP contribution in [0.4, 0.5) is 4.39 Å². The quantitative estimate of drug-likeness (QED) is 0.695. The second kappa shape index (κ2) is 5.28. The van der Waals surface area contributed by atoms with Crippen LogP contribution in [0.3, 0.4) is 0 Å². The van der Waals surface area contributed by atoms with Gasteiger partial charge in [-0.25, -0.2) is 4.39 Å². The normalized spacial score (nSPS) is 16.1. The summed E-state index contributed by atoms with van der Waals surface area (Å²) in [5.74, 6) is -0.202. The third-order valence-corrected chi connectivity index (χ3v) is 3.99. The van der Waals surface area contributed by atoms with Crippen molar-refractivity contribution < 1.29 is 9.18 Å². The lowest BCUT2D eigenvalue weighted by Crippen LogP contribution is -2.15. The molecule has 2 aromatic carbocycles. The molecule has 3 rings (SSSR count). The summed E-state index contributed by atoms with van der Waals surface area (Å²) in [6.45, 7) is 4.06. The highest BCUT2D eigenvalue weighted by atomic mass is 19.1. The van der Waals surface area contributed by atoms with Crippen molar-refractivity contribution in [1.82, 2.24) is 0 Å². The van der Waals surface area contributed by atoms with Gasteiger partial charge in [-0.05, 0) is 67.7 Å². The van der Waals surface area contributed by atoms with Gasteiger partial charge in [-0.1, -0.05) is 23.8 Å². The van der Waals surface area contributed by atoms with E-state index in [0.717, 1.165) is 34.2 Å². The molecule has 0 radical (unpaired) electrons. The van der Waals surface area contributed by atoms with Gasteiger partial charge in [0.05, 0.1) is 0 Å². The molecule has 2 heteroatoms. The standard InChI is InChI=1S/C19H17FO/c1-12-8-13(2)17-7-6-15(19(21)18(17)9-12)10-14-4-3-5-16(20)11-14/h3-5,8-11H,6-7H2,1-2H3/b15-10-. The van der Waals surface area contributed by atoms with Crippen LogP contribution in [0.15, 0.2) is 42.0 Å². The van der Waals surface area contributed by atoms with Crippen molar-refractivity contribution in [3.8, 4) is 0 Å². The number of Topliss-reactive ketones (excluding diaryl/α,β-unsaturated/α-hetero) is 1. The lowest BCUT2D eigenvalue weighted by atomic mass is 9.83. The number of ketones is 1. The van der Waals surface area contributed by atoms with Gasteiger partial charge in [-0.15, -0.1) is 0 Å². The molecule has 0 heterocycles. The minimum absolute atomic E-state index is 0.0762. The van der Waals surface area contributed by atoms with E-state index in [9.17, 15) is 9.18 Å². The van der Waals surface area contributed by atoms with E-state index in [4.69, 9.17) is 0 Å².